The molecule has 1 atom stereocenters. The molecule has 0 amide bonds. The maximum atomic E-state index is 10.6. The number of hydrogen-bond acceptors (Lipinski definition) is 8. The Morgan fingerprint density at radius 1 is 1.00 bits per heavy atom. The molecule has 0 saturated carbocycles. The highest BCUT2D eigenvalue weighted by molar-refractivity contribution is 7.09. The molecular weight excluding hydrogens is 594 g/mol. The number of carbonyl (C=O) groups is 2. The molecule has 0 bridgehead atoms. The van der Waals surface area contributed by atoms with Crippen LogP contribution < -0.4 is 0 Å². The number of pyridine rings is 2. The fourth-order valence-corrected chi connectivity index (χ4v) is 4.70. The first-order valence-corrected chi connectivity index (χ1v) is 13.0. The first kappa shape index (κ1) is 32.4. The molecule has 4 aromatic heterocycles. The number of halogens is 6. The van der Waals surface area contributed by atoms with Crippen molar-refractivity contribution in [2.24, 2.45) is 0 Å². The first-order valence-electron chi connectivity index (χ1n) is 12.1. The van der Waals surface area contributed by atoms with Crippen LogP contribution in [-0.2, 0) is 16.1 Å². The number of piperidine rings is 1. The number of rotatable bonds is 4. The van der Waals surface area contributed by atoms with E-state index in [1.807, 2.05) is 40.6 Å². The Labute approximate surface area is 238 Å². The lowest BCUT2D eigenvalue weighted by atomic mass is 9.97. The van der Waals surface area contributed by atoms with Crippen LogP contribution in [-0.4, -0.2) is 77.1 Å². The lowest BCUT2D eigenvalue weighted by Crippen LogP contribution is -2.34. The summed E-state index contributed by atoms with van der Waals surface area (Å²) in [4.78, 5) is 35.0. The van der Waals surface area contributed by atoms with Crippen molar-refractivity contribution >= 4 is 28.9 Å². The Morgan fingerprint density at radius 2 is 1.62 bits per heavy atom. The van der Waals surface area contributed by atoms with Crippen molar-refractivity contribution in [3.8, 4) is 11.1 Å². The van der Waals surface area contributed by atoms with Gasteiger partial charge in [-0.2, -0.15) is 31.4 Å². The molecule has 42 heavy (non-hydrogen) atoms. The molecule has 10 nitrogen and oxygen atoms in total. The molecule has 0 spiro atoms. The van der Waals surface area contributed by atoms with Crippen LogP contribution in [0.1, 0.15) is 35.2 Å². The van der Waals surface area contributed by atoms with Crippen molar-refractivity contribution < 1.29 is 46.1 Å². The predicted octanol–water partition coefficient (Wildman–Crippen LogP) is 5.20. The lowest BCUT2D eigenvalue weighted by Gasteiger charge is -2.31. The second-order valence-corrected chi connectivity index (χ2v) is 9.91. The van der Waals surface area contributed by atoms with E-state index < -0.39 is 24.3 Å². The van der Waals surface area contributed by atoms with E-state index in [0.717, 1.165) is 54.3 Å². The van der Waals surface area contributed by atoms with E-state index in [1.165, 1.54) is 11.3 Å². The average Bonchev–Trinajstić information content (AvgIpc) is 3.54. The molecule has 1 fully saturated rings. The molecule has 0 aromatic carbocycles. The molecule has 5 heterocycles. The van der Waals surface area contributed by atoms with Gasteiger partial charge < -0.3 is 10.2 Å². The highest BCUT2D eigenvalue weighted by Crippen LogP contribution is 2.28. The van der Waals surface area contributed by atoms with Gasteiger partial charge in [-0.1, -0.05) is 0 Å². The van der Waals surface area contributed by atoms with E-state index in [1.54, 1.807) is 11.3 Å². The summed E-state index contributed by atoms with van der Waals surface area (Å²) >= 11 is 1.75. The zero-order valence-corrected chi connectivity index (χ0v) is 22.6. The maximum absolute atomic E-state index is 10.6. The molecule has 1 aliphatic rings. The second-order valence-electron chi connectivity index (χ2n) is 8.97. The van der Waals surface area contributed by atoms with Crippen LogP contribution in [0, 0.1) is 6.92 Å². The van der Waals surface area contributed by atoms with Gasteiger partial charge in [0, 0.05) is 48.0 Å². The standard InChI is InChI=1S/C21H22N6S.2C2HF3O2/c1-15-19(28-14-23-15)13-26-10-2-3-18(11-26)21-24-20-5-4-17(12-27(20)25-21)16-6-8-22-9-7-16;2*3-2(4,5)1(6)7/h4-9,12,14,18H,2-3,10-11,13H2,1H3;2*(H,6,7). The summed E-state index contributed by atoms with van der Waals surface area (Å²) in [5, 5.41) is 19.1. The van der Waals surface area contributed by atoms with Crippen LogP contribution in [0.2, 0.25) is 0 Å². The highest BCUT2D eigenvalue weighted by Gasteiger charge is 2.38. The topological polar surface area (TPSA) is 134 Å². The molecule has 17 heteroatoms. The minimum atomic E-state index is -5.08. The summed E-state index contributed by atoms with van der Waals surface area (Å²) in [6, 6.07) is 8.18. The molecule has 5 rings (SSSR count). The molecular formula is C25H24F6N6O4S. The molecule has 0 radical (unpaired) electrons. The minimum absolute atomic E-state index is 0.381. The van der Waals surface area contributed by atoms with Crippen LogP contribution in [0.3, 0.4) is 0 Å². The number of aryl methyl sites for hydroxylation is 1. The molecule has 226 valence electrons. The summed E-state index contributed by atoms with van der Waals surface area (Å²) in [6.45, 7) is 5.21. The molecule has 1 unspecified atom stereocenters. The van der Waals surface area contributed by atoms with E-state index in [0.29, 0.717) is 5.92 Å². The number of thiazole rings is 1. The van der Waals surface area contributed by atoms with E-state index in [-0.39, 0.29) is 0 Å². The summed E-state index contributed by atoms with van der Waals surface area (Å²) in [7, 11) is 0. The number of carboxylic acids is 2. The Balaban J connectivity index is 0.000000289. The lowest BCUT2D eigenvalue weighted by molar-refractivity contribution is -0.193. The molecule has 1 saturated heterocycles. The number of carboxylic acid groups (broad SMARTS) is 2. The normalized spacial score (nSPS) is 15.7. The van der Waals surface area contributed by atoms with Crippen molar-refractivity contribution in [2.75, 3.05) is 13.1 Å². The predicted molar refractivity (Wildman–Crippen MR) is 138 cm³/mol. The van der Waals surface area contributed by atoms with Crippen LogP contribution in [0.5, 0.6) is 0 Å². The monoisotopic (exact) mass is 618 g/mol. The van der Waals surface area contributed by atoms with Gasteiger partial charge in [-0.15, -0.1) is 11.3 Å². The number of hydrogen-bond donors (Lipinski definition) is 2. The largest absolute Gasteiger partial charge is 0.490 e. The smallest absolute Gasteiger partial charge is 0.475 e. The number of alkyl halides is 6. The van der Waals surface area contributed by atoms with Gasteiger partial charge >= 0.3 is 24.3 Å². The van der Waals surface area contributed by atoms with Gasteiger partial charge in [0.05, 0.1) is 11.2 Å². The van der Waals surface area contributed by atoms with E-state index in [9.17, 15) is 26.3 Å². The van der Waals surface area contributed by atoms with Gasteiger partial charge in [-0.05, 0) is 56.1 Å². The van der Waals surface area contributed by atoms with Gasteiger partial charge in [0.1, 0.15) is 0 Å². The summed E-state index contributed by atoms with van der Waals surface area (Å²) in [5.41, 5.74) is 6.26. The van der Waals surface area contributed by atoms with Gasteiger partial charge in [0.2, 0.25) is 0 Å². The van der Waals surface area contributed by atoms with E-state index >= 15 is 0 Å². The Morgan fingerprint density at radius 3 is 2.17 bits per heavy atom. The summed E-state index contributed by atoms with van der Waals surface area (Å²) in [6.07, 6.45) is -2.16. The quantitative estimate of drug-likeness (QED) is 0.296. The molecule has 0 aliphatic carbocycles. The molecule has 1 aliphatic heterocycles. The molecule has 2 N–H and O–H groups in total. The fraction of sp³-hybridized carbons (Fsp3) is 0.360. The number of nitrogens with zero attached hydrogens (tertiary/aromatic N) is 6. The first-order chi connectivity index (χ1) is 19.6. The van der Waals surface area contributed by atoms with Crippen LogP contribution in [0.15, 0.2) is 48.4 Å². The second kappa shape index (κ2) is 13.7. The summed E-state index contributed by atoms with van der Waals surface area (Å²) in [5.74, 6) is -4.18. The van der Waals surface area contributed by atoms with Crippen molar-refractivity contribution in [3.63, 3.8) is 0 Å². The summed E-state index contributed by atoms with van der Waals surface area (Å²) < 4.78 is 65.4. The number of aliphatic carboxylic acids is 2. The molecule has 4 aromatic rings. The van der Waals surface area contributed by atoms with Crippen molar-refractivity contribution in [1.82, 2.24) is 29.5 Å². The third kappa shape index (κ3) is 9.20. The Hall–Kier alpha value is -4.12. The number of likely N-dealkylation sites (tertiary alicyclic amines) is 1. The Bertz CT molecular complexity index is 1470. The van der Waals surface area contributed by atoms with Gasteiger partial charge in [0.15, 0.2) is 11.5 Å². The van der Waals surface area contributed by atoms with E-state index in [4.69, 9.17) is 29.9 Å². The van der Waals surface area contributed by atoms with Crippen LogP contribution in [0.4, 0.5) is 26.3 Å². The third-order valence-corrected chi connectivity index (χ3v) is 6.85. The van der Waals surface area contributed by atoms with Crippen LogP contribution >= 0.6 is 11.3 Å². The van der Waals surface area contributed by atoms with Crippen molar-refractivity contribution in [2.45, 2.75) is 44.6 Å². The van der Waals surface area contributed by atoms with Crippen LogP contribution in [0.25, 0.3) is 16.8 Å². The highest BCUT2D eigenvalue weighted by atomic mass is 32.1. The third-order valence-electron chi connectivity index (χ3n) is 5.93. The van der Waals surface area contributed by atoms with Gasteiger partial charge in [0.25, 0.3) is 0 Å². The van der Waals surface area contributed by atoms with E-state index in [2.05, 4.69) is 34.1 Å². The SMILES string of the molecule is Cc1ncsc1CN1CCCC(c2nc3ccc(-c4ccncc4)cn3n2)C1.O=C(O)C(F)(F)F.O=C(O)C(F)(F)F. The number of fused-ring (bicyclic) bond motifs is 1. The zero-order chi connectivity index (χ0) is 31.1. The van der Waals surface area contributed by atoms with Gasteiger partial charge in [-0.3, -0.25) is 9.88 Å². The van der Waals surface area contributed by atoms with Crippen molar-refractivity contribution in [3.05, 3.63) is 64.8 Å². The fourth-order valence-electron chi connectivity index (χ4n) is 3.88. The average molecular weight is 619 g/mol. The Kier molecular flexibility index (Phi) is 10.6. The van der Waals surface area contributed by atoms with Crippen molar-refractivity contribution in [1.29, 1.82) is 0 Å². The maximum Gasteiger partial charge on any atom is 0.490 e. The minimum Gasteiger partial charge on any atom is -0.475 e. The number of aromatic nitrogens is 5. The van der Waals surface area contributed by atoms with Gasteiger partial charge in [-0.25, -0.2) is 24.1 Å². The zero-order valence-electron chi connectivity index (χ0n) is 21.8.